The minimum absolute atomic E-state index is 0.114. The molecule has 0 spiro atoms. The van der Waals surface area contributed by atoms with Crippen LogP contribution < -0.4 is 20.3 Å². The van der Waals surface area contributed by atoms with Gasteiger partial charge in [0.05, 0.1) is 19.6 Å². The zero-order chi connectivity index (χ0) is 22.4. The lowest BCUT2D eigenvalue weighted by molar-refractivity contribution is -0.122. The van der Waals surface area contributed by atoms with Gasteiger partial charge in [-0.3, -0.25) is 14.9 Å². The Hall–Kier alpha value is -3.55. The summed E-state index contributed by atoms with van der Waals surface area (Å²) in [6.07, 6.45) is -0.421. The number of nitrogens with zero attached hydrogens (tertiary/aromatic N) is 1. The number of rotatable bonds is 7. The van der Waals surface area contributed by atoms with Gasteiger partial charge in [-0.15, -0.1) is 0 Å². The van der Waals surface area contributed by atoms with Gasteiger partial charge in [0.15, 0.2) is 0 Å². The highest BCUT2D eigenvalue weighted by molar-refractivity contribution is 6.03. The standard InChI is InChI=1S/C23H27N3O5/c1-15(2)14-31-23(29)25-18-7-4-6-17(11-18)24-22(28)16-10-21(27)26(13-16)19-8-5-9-20(12-19)30-3/h4-9,11-12,15-16H,10,13-14H2,1-3H3,(H,24,28)(H,25,29). The molecular formula is C23H27N3O5. The summed E-state index contributed by atoms with van der Waals surface area (Å²) >= 11 is 0. The van der Waals surface area contributed by atoms with Gasteiger partial charge in [-0.25, -0.2) is 4.79 Å². The van der Waals surface area contributed by atoms with Crippen LogP contribution in [0.4, 0.5) is 21.9 Å². The van der Waals surface area contributed by atoms with Crippen molar-refractivity contribution in [1.29, 1.82) is 0 Å². The first-order chi connectivity index (χ1) is 14.9. The SMILES string of the molecule is COc1cccc(N2CC(C(=O)Nc3cccc(NC(=O)OCC(C)C)c3)CC2=O)c1. The Kier molecular flexibility index (Phi) is 7.12. The molecule has 2 N–H and O–H groups in total. The highest BCUT2D eigenvalue weighted by atomic mass is 16.5. The average molecular weight is 425 g/mol. The maximum atomic E-state index is 12.7. The number of carbonyl (C=O) groups excluding carboxylic acids is 3. The summed E-state index contributed by atoms with van der Waals surface area (Å²) in [6.45, 7) is 4.51. The van der Waals surface area contributed by atoms with Gasteiger partial charge >= 0.3 is 6.09 Å². The van der Waals surface area contributed by atoms with Crippen LogP contribution in [0.5, 0.6) is 5.75 Å². The topological polar surface area (TPSA) is 97.0 Å². The van der Waals surface area contributed by atoms with Crippen molar-refractivity contribution >= 4 is 35.0 Å². The number of carbonyl (C=O) groups is 3. The molecule has 0 radical (unpaired) electrons. The average Bonchev–Trinajstić information content (AvgIpc) is 3.14. The third-order valence-corrected chi connectivity index (χ3v) is 4.79. The number of hydrogen-bond donors (Lipinski definition) is 2. The fraction of sp³-hybridized carbons (Fsp3) is 0.348. The van der Waals surface area contributed by atoms with Crippen LogP contribution in [-0.2, 0) is 14.3 Å². The highest BCUT2D eigenvalue weighted by Gasteiger charge is 2.35. The van der Waals surface area contributed by atoms with E-state index in [1.807, 2.05) is 19.9 Å². The van der Waals surface area contributed by atoms with Crippen LogP contribution in [0.1, 0.15) is 20.3 Å². The van der Waals surface area contributed by atoms with Crippen LogP contribution in [0.3, 0.4) is 0 Å². The van der Waals surface area contributed by atoms with Crippen LogP contribution in [0.2, 0.25) is 0 Å². The molecule has 1 aliphatic heterocycles. The van der Waals surface area contributed by atoms with Crippen LogP contribution in [0.25, 0.3) is 0 Å². The molecule has 1 fully saturated rings. The molecule has 0 bridgehead atoms. The number of methoxy groups -OCH3 is 1. The molecule has 164 valence electrons. The molecule has 0 aliphatic carbocycles. The number of nitrogens with one attached hydrogen (secondary N) is 2. The molecule has 3 amide bonds. The maximum absolute atomic E-state index is 12.7. The Labute approximate surface area is 181 Å². The summed E-state index contributed by atoms with van der Waals surface area (Å²) in [7, 11) is 1.56. The van der Waals surface area contributed by atoms with Gasteiger partial charge in [0, 0.05) is 36.1 Å². The van der Waals surface area contributed by atoms with E-state index in [-0.39, 0.29) is 30.7 Å². The zero-order valence-corrected chi connectivity index (χ0v) is 17.9. The summed E-state index contributed by atoms with van der Waals surface area (Å²) in [4.78, 5) is 38.6. The second kappa shape index (κ2) is 9.97. The van der Waals surface area contributed by atoms with Gasteiger partial charge in [0.1, 0.15) is 5.75 Å². The van der Waals surface area contributed by atoms with E-state index in [0.717, 1.165) is 0 Å². The molecule has 8 heteroatoms. The fourth-order valence-electron chi connectivity index (χ4n) is 3.23. The Bertz CT molecular complexity index is 960. The number of amides is 3. The van der Waals surface area contributed by atoms with Crippen LogP contribution in [-0.4, -0.2) is 38.2 Å². The van der Waals surface area contributed by atoms with Crippen LogP contribution in [0.15, 0.2) is 48.5 Å². The smallest absolute Gasteiger partial charge is 0.411 e. The van der Waals surface area contributed by atoms with E-state index in [1.54, 1.807) is 54.5 Å². The van der Waals surface area contributed by atoms with Crippen molar-refractivity contribution in [2.24, 2.45) is 11.8 Å². The van der Waals surface area contributed by atoms with Gasteiger partial charge in [0.25, 0.3) is 0 Å². The molecule has 0 aromatic heterocycles. The minimum atomic E-state index is -0.549. The van der Waals surface area contributed by atoms with E-state index in [4.69, 9.17) is 9.47 Å². The molecule has 31 heavy (non-hydrogen) atoms. The van der Waals surface area contributed by atoms with E-state index in [0.29, 0.717) is 29.4 Å². The number of hydrogen-bond acceptors (Lipinski definition) is 5. The Morgan fingerprint density at radius 1 is 1.10 bits per heavy atom. The second-order valence-corrected chi connectivity index (χ2v) is 7.79. The molecular weight excluding hydrogens is 398 g/mol. The summed E-state index contributed by atoms with van der Waals surface area (Å²) < 4.78 is 10.3. The third kappa shape index (κ3) is 5.97. The summed E-state index contributed by atoms with van der Waals surface area (Å²) in [5, 5.41) is 5.47. The predicted octanol–water partition coefficient (Wildman–Crippen LogP) is 3.89. The van der Waals surface area contributed by atoms with Crippen molar-refractivity contribution in [3.8, 4) is 5.75 Å². The van der Waals surface area contributed by atoms with E-state index >= 15 is 0 Å². The van der Waals surface area contributed by atoms with Gasteiger partial charge in [-0.2, -0.15) is 0 Å². The van der Waals surface area contributed by atoms with Crippen molar-refractivity contribution in [3.05, 3.63) is 48.5 Å². The van der Waals surface area contributed by atoms with E-state index in [1.165, 1.54) is 0 Å². The molecule has 1 atom stereocenters. The Morgan fingerprint density at radius 2 is 1.81 bits per heavy atom. The normalized spacial score (nSPS) is 15.7. The molecule has 2 aromatic rings. The zero-order valence-electron chi connectivity index (χ0n) is 17.9. The first-order valence-electron chi connectivity index (χ1n) is 10.1. The van der Waals surface area contributed by atoms with Crippen LogP contribution >= 0.6 is 0 Å². The van der Waals surface area contributed by atoms with Crippen molar-refractivity contribution in [2.75, 3.05) is 35.8 Å². The fourth-order valence-corrected chi connectivity index (χ4v) is 3.23. The lowest BCUT2D eigenvalue weighted by atomic mass is 10.1. The van der Waals surface area contributed by atoms with E-state index < -0.39 is 12.0 Å². The lowest BCUT2D eigenvalue weighted by Gasteiger charge is -2.17. The highest BCUT2D eigenvalue weighted by Crippen LogP contribution is 2.28. The molecule has 1 unspecified atom stereocenters. The minimum Gasteiger partial charge on any atom is -0.497 e. The monoisotopic (exact) mass is 425 g/mol. The number of anilines is 3. The van der Waals surface area contributed by atoms with E-state index in [2.05, 4.69) is 10.6 Å². The van der Waals surface area contributed by atoms with Crippen LogP contribution in [0, 0.1) is 11.8 Å². The first-order valence-corrected chi connectivity index (χ1v) is 10.1. The number of benzene rings is 2. The molecule has 1 saturated heterocycles. The van der Waals surface area contributed by atoms with Gasteiger partial charge in [-0.1, -0.05) is 26.0 Å². The van der Waals surface area contributed by atoms with Gasteiger partial charge in [-0.05, 0) is 36.2 Å². The second-order valence-electron chi connectivity index (χ2n) is 7.79. The molecule has 1 heterocycles. The molecule has 0 saturated carbocycles. The summed E-state index contributed by atoms with van der Waals surface area (Å²) in [5.41, 5.74) is 1.73. The Morgan fingerprint density at radius 3 is 2.52 bits per heavy atom. The quantitative estimate of drug-likeness (QED) is 0.701. The molecule has 3 rings (SSSR count). The number of ether oxygens (including phenoxy) is 2. The lowest BCUT2D eigenvalue weighted by Crippen LogP contribution is -2.28. The summed E-state index contributed by atoms with van der Waals surface area (Å²) in [5.74, 6) is 0.0396. The van der Waals surface area contributed by atoms with Crippen molar-refractivity contribution in [1.82, 2.24) is 0 Å². The molecule has 8 nitrogen and oxygen atoms in total. The van der Waals surface area contributed by atoms with Gasteiger partial charge in [0.2, 0.25) is 11.8 Å². The van der Waals surface area contributed by atoms with E-state index in [9.17, 15) is 14.4 Å². The molecule has 2 aromatic carbocycles. The molecule has 1 aliphatic rings. The van der Waals surface area contributed by atoms with Gasteiger partial charge < -0.3 is 19.7 Å². The van der Waals surface area contributed by atoms with Crippen molar-refractivity contribution in [3.63, 3.8) is 0 Å². The summed E-state index contributed by atoms with van der Waals surface area (Å²) in [6, 6.07) is 14.0. The maximum Gasteiger partial charge on any atom is 0.411 e. The van der Waals surface area contributed by atoms with Crippen molar-refractivity contribution in [2.45, 2.75) is 20.3 Å². The third-order valence-electron chi connectivity index (χ3n) is 4.79. The Balaban J connectivity index is 1.60. The largest absolute Gasteiger partial charge is 0.497 e. The van der Waals surface area contributed by atoms with Crippen molar-refractivity contribution < 1.29 is 23.9 Å². The first kappa shape index (κ1) is 22.1. The predicted molar refractivity (Wildman–Crippen MR) is 118 cm³/mol.